The molecule has 6 nitrogen and oxygen atoms in total. The van der Waals surface area contributed by atoms with Gasteiger partial charge in [0.25, 0.3) is 5.91 Å². The van der Waals surface area contributed by atoms with Gasteiger partial charge in [0.05, 0.1) is 0 Å². The maximum absolute atomic E-state index is 12.1. The highest BCUT2D eigenvalue weighted by Gasteiger charge is 2.28. The minimum absolute atomic E-state index is 0.135. The number of aromatic nitrogens is 3. The first kappa shape index (κ1) is 15.3. The first-order chi connectivity index (χ1) is 9.61. The minimum atomic E-state index is -0.857. The summed E-state index contributed by atoms with van der Waals surface area (Å²) in [6.45, 7) is 3.23. The van der Waals surface area contributed by atoms with Gasteiger partial charge in [-0.15, -0.1) is 0 Å². The molecule has 1 fully saturated rings. The van der Waals surface area contributed by atoms with E-state index in [-0.39, 0.29) is 5.91 Å². The second-order valence-corrected chi connectivity index (χ2v) is 6.16. The zero-order chi connectivity index (χ0) is 14.5. The molecule has 2 rings (SSSR count). The molecule has 1 saturated heterocycles. The summed E-state index contributed by atoms with van der Waals surface area (Å²) in [6, 6.07) is 0. The lowest BCUT2D eigenvalue weighted by Crippen LogP contribution is -2.43. The van der Waals surface area contributed by atoms with Crippen LogP contribution in [0.25, 0.3) is 0 Å². The van der Waals surface area contributed by atoms with Crippen LogP contribution >= 0.6 is 11.8 Å². The number of rotatable bonds is 5. The number of nitrogens with zero attached hydrogens (tertiary/aromatic N) is 3. The highest BCUT2D eigenvalue weighted by atomic mass is 32.2. The van der Waals surface area contributed by atoms with E-state index in [0.29, 0.717) is 25.4 Å². The molecule has 20 heavy (non-hydrogen) atoms. The summed E-state index contributed by atoms with van der Waals surface area (Å²) in [6.07, 6.45) is 3.36. The van der Waals surface area contributed by atoms with Crippen molar-refractivity contribution >= 4 is 17.7 Å². The van der Waals surface area contributed by atoms with Crippen molar-refractivity contribution in [3.8, 4) is 0 Å². The summed E-state index contributed by atoms with van der Waals surface area (Å²) in [5, 5.41) is 16.9. The van der Waals surface area contributed by atoms with E-state index in [2.05, 4.69) is 15.2 Å². The average Bonchev–Trinajstić information content (AvgIpc) is 2.90. The van der Waals surface area contributed by atoms with Crippen molar-refractivity contribution in [2.45, 2.75) is 38.2 Å². The van der Waals surface area contributed by atoms with Gasteiger partial charge in [-0.05, 0) is 38.2 Å². The molecule has 0 radical (unpaired) electrons. The molecule has 0 bridgehead atoms. The second kappa shape index (κ2) is 7.08. The molecule has 0 spiro atoms. The number of likely N-dealkylation sites (tertiary alicyclic amines) is 1. The van der Waals surface area contributed by atoms with Gasteiger partial charge in [-0.1, -0.05) is 0 Å². The number of carbonyl (C=O) groups is 1. The molecule has 0 aromatic carbocycles. The maximum atomic E-state index is 12.1. The van der Waals surface area contributed by atoms with Crippen molar-refractivity contribution in [3.63, 3.8) is 0 Å². The quantitative estimate of drug-likeness (QED) is 0.845. The normalized spacial score (nSPS) is 18.2. The predicted octanol–water partition coefficient (Wildman–Crippen LogP) is 0.933. The molecule has 7 heteroatoms. The summed E-state index contributed by atoms with van der Waals surface area (Å²) in [7, 11) is 0. The molecule has 2 N–H and O–H groups in total. The van der Waals surface area contributed by atoms with Crippen molar-refractivity contribution in [2.75, 3.05) is 25.1 Å². The largest absolute Gasteiger partial charge is 0.383 e. The molecule has 0 saturated carbocycles. The van der Waals surface area contributed by atoms with Gasteiger partial charge in [-0.2, -0.15) is 16.9 Å². The number of aromatic amines is 1. The molecule has 1 aromatic rings. The third kappa shape index (κ3) is 3.73. The summed E-state index contributed by atoms with van der Waals surface area (Å²) >= 11 is 1.64. The number of aryl methyl sites for hydroxylation is 1. The molecule has 2 heterocycles. The van der Waals surface area contributed by atoms with Crippen LogP contribution in [0.15, 0.2) is 0 Å². The number of piperidine rings is 1. The van der Waals surface area contributed by atoms with Gasteiger partial charge in [-0.25, -0.2) is 4.98 Å². The standard InChI is InChI=1S/C13H22N4O2S/c1-9-14-12(16-15-9)10-3-6-17(7-4-10)13(19)11(18)5-8-20-2/h10-11,18H,3-8H2,1-2H3,(H,14,15,16)/t11-/m1/s1. The zero-order valence-corrected chi connectivity index (χ0v) is 12.8. The van der Waals surface area contributed by atoms with Crippen molar-refractivity contribution in [1.29, 1.82) is 0 Å². The molecule has 1 atom stereocenters. The van der Waals surface area contributed by atoms with Gasteiger partial charge in [0.1, 0.15) is 11.9 Å². The number of hydrogen-bond acceptors (Lipinski definition) is 5. The van der Waals surface area contributed by atoms with E-state index in [9.17, 15) is 9.90 Å². The number of thioether (sulfide) groups is 1. The second-order valence-electron chi connectivity index (χ2n) is 5.18. The van der Waals surface area contributed by atoms with Crippen LogP contribution < -0.4 is 0 Å². The number of carbonyl (C=O) groups excluding carboxylic acids is 1. The highest BCUT2D eigenvalue weighted by molar-refractivity contribution is 7.98. The van der Waals surface area contributed by atoms with Gasteiger partial charge in [-0.3, -0.25) is 9.89 Å². The lowest BCUT2D eigenvalue weighted by molar-refractivity contribution is -0.141. The minimum Gasteiger partial charge on any atom is -0.383 e. The Bertz CT molecular complexity index is 443. The van der Waals surface area contributed by atoms with E-state index < -0.39 is 6.10 Å². The third-order valence-electron chi connectivity index (χ3n) is 3.67. The molecular formula is C13H22N4O2S. The zero-order valence-electron chi connectivity index (χ0n) is 12.0. The highest BCUT2D eigenvalue weighted by Crippen LogP contribution is 2.25. The summed E-state index contributed by atoms with van der Waals surface area (Å²) in [5.41, 5.74) is 0. The average molecular weight is 298 g/mol. The Hall–Kier alpha value is -1.08. The Kier molecular flexibility index (Phi) is 5.42. The molecular weight excluding hydrogens is 276 g/mol. The Morgan fingerprint density at radius 2 is 2.25 bits per heavy atom. The number of hydrogen-bond donors (Lipinski definition) is 2. The summed E-state index contributed by atoms with van der Waals surface area (Å²) in [4.78, 5) is 18.2. The monoisotopic (exact) mass is 298 g/mol. The molecule has 1 aliphatic heterocycles. The number of aliphatic hydroxyl groups excluding tert-OH is 1. The van der Waals surface area contributed by atoms with Crippen molar-refractivity contribution in [1.82, 2.24) is 20.1 Å². The molecule has 0 unspecified atom stereocenters. The van der Waals surface area contributed by atoms with Crippen LogP contribution in [-0.4, -0.2) is 62.3 Å². The Labute approximate surface area is 123 Å². The number of nitrogens with one attached hydrogen (secondary N) is 1. The topological polar surface area (TPSA) is 82.1 Å². The summed E-state index contributed by atoms with van der Waals surface area (Å²) in [5.74, 6) is 2.65. The van der Waals surface area contributed by atoms with E-state index in [4.69, 9.17) is 0 Å². The van der Waals surface area contributed by atoms with Gasteiger partial charge < -0.3 is 10.0 Å². The lowest BCUT2D eigenvalue weighted by Gasteiger charge is -2.32. The fourth-order valence-corrected chi connectivity index (χ4v) is 2.92. The van der Waals surface area contributed by atoms with Crippen LogP contribution in [0.2, 0.25) is 0 Å². The molecule has 0 aliphatic carbocycles. The van der Waals surface area contributed by atoms with Gasteiger partial charge in [0.15, 0.2) is 5.82 Å². The van der Waals surface area contributed by atoms with E-state index in [1.54, 1.807) is 16.7 Å². The van der Waals surface area contributed by atoms with Crippen molar-refractivity contribution in [2.24, 2.45) is 0 Å². The van der Waals surface area contributed by atoms with Gasteiger partial charge in [0.2, 0.25) is 0 Å². The van der Waals surface area contributed by atoms with E-state index >= 15 is 0 Å². The first-order valence-corrected chi connectivity index (χ1v) is 8.36. The smallest absolute Gasteiger partial charge is 0.251 e. The van der Waals surface area contributed by atoms with E-state index in [1.165, 1.54) is 0 Å². The predicted molar refractivity (Wildman–Crippen MR) is 78.7 cm³/mol. The molecule has 1 aromatic heterocycles. The van der Waals surface area contributed by atoms with Crippen LogP contribution in [0.5, 0.6) is 0 Å². The number of aliphatic hydroxyl groups is 1. The van der Waals surface area contributed by atoms with Gasteiger partial charge >= 0.3 is 0 Å². The van der Waals surface area contributed by atoms with E-state index in [1.807, 2.05) is 13.2 Å². The summed E-state index contributed by atoms with van der Waals surface area (Å²) < 4.78 is 0. The Morgan fingerprint density at radius 1 is 1.55 bits per heavy atom. The van der Waals surface area contributed by atoms with Crippen molar-refractivity contribution in [3.05, 3.63) is 11.6 Å². The van der Waals surface area contributed by atoms with Crippen molar-refractivity contribution < 1.29 is 9.90 Å². The van der Waals surface area contributed by atoms with Gasteiger partial charge in [0, 0.05) is 19.0 Å². The van der Waals surface area contributed by atoms with Crippen LogP contribution in [0, 0.1) is 6.92 Å². The fourth-order valence-electron chi connectivity index (χ4n) is 2.46. The SMILES string of the molecule is CSCC[C@@H](O)C(=O)N1CCC(c2n[nH]c(C)n2)CC1. The first-order valence-electron chi connectivity index (χ1n) is 6.96. The number of amides is 1. The van der Waals surface area contributed by atoms with E-state index in [0.717, 1.165) is 30.2 Å². The maximum Gasteiger partial charge on any atom is 0.251 e. The van der Waals surface area contributed by atoms with Crippen LogP contribution in [0.1, 0.15) is 36.8 Å². The lowest BCUT2D eigenvalue weighted by atomic mass is 9.95. The molecule has 112 valence electrons. The fraction of sp³-hybridized carbons (Fsp3) is 0.769. The van der Waals surface area contributed by atoms with Crippen LogP contribution in [0.4, 0.5) is 0 Å². The molecule has 1 aliphatic rings. The Balaban J connectivity index is 1.83. The van der Waals surface area contributed by atoms with Crippen LogP contribution in [-0.2, 0) is 4.79 Å². The number of H-pyrrole nitrogens is 1. The third-order valence-corrected chi connectivity index (χ3v) is 4.31. The van der Waals surface area contributed by atoms with Crippen LogP contribution in [0.3, 0.4) is 0 Å². The Morgan fingerprint density at radius 3 is 2.80 bits per heavy atom. The molecule has 1 amide bonds.